The Labute approximate surface area is 286 Å². The van der Waals surface area contributed by atoms with Crippen LogP contribution >= 0.6 is 8.46 Å². The molecule has 0 saturated carbocycles. The molecule has 0 saturated heterocycles. The monoisotopic (exact) mass is 701 g/mol. The van der Waals surface area contributed by atoms with Crippen molar-refractivity contribution < 1.29 is 30.3 Å². The average Bonchev–Trinajstić information content (AvgIpc) is 3.13. The van der Waals surface area contributed by atoms with Gasteiger partial charge in [-0.15, -0.1) is 0 Å². The first kappa shape index (κ1) is 31.7. The second-order valence-corrected chi connectivity index (χ2v) is 14.2. The highest BCUT2D eigenvalue weighted by molar-refractivity contribution is 7.88. The molecule has 0 aromatic heterocycles. The Morgan fingerprint density at radius 3 is 1.50 bits per heavy atom. The van der Waals surface area contributed by atoms with E-state index in [1.165, 1.54) is 12.1 Å². The Bertz CT molecular complexity index is 2780. The van der Waals surface area contributed by atoms with E-state index in [4.69, 9.17) is 4.18 Å². The van der Waals surface area contributed by atoms with Crippen molar-refractivity contribution in [3.63, 3.8) is 0 Å². The van der Waals surface area contributed by atoms with E-state index in [9.17, 15) is 26.2 Å². The molecule has 0 radical (unpaired) electrons. The normalized spacial score (nSPS) is 12.3. The molecule has 244 valence electrons. The summed E-state index contributed by atoms with van der Waals surface area (Å²) in [5, 5.41) is 6.68. The summed E-state index contributed by atoms with van der Waals surface area (Å²) in [5.74, 6) is -0.520. The van der Waals surface area contributed by atoms with Gasteiger partial charge in [-0.2, -0.15) is 21.6 Å². The van der Waals surface area contributed by atoms with Crippen LogP contribution in [0.2, 0.25) is 0 Å². The molecular formula is C41H25F3O4PS+. The lowest BCUT2D eigenvalue weighted by atomic mass is 9.83. The van der Waals surface area contributed by atoms with Crippen LogP contribution in [-0.2, 0) is 14.7 Å². The van der Waals surface area contributed by atoms with E-state index >= 15 is 0 Å². The van der Waals surface area contributed by atoms with Crippen molar-refractivity contribution in [2.45, 2.75) is 5.51 Å². The average molecular weight is 702 g/mol. The van der Waals surface area contributed by atoms with E-state index in [2.05, 4.69) is 6.07 Å². The van der Waals surface area contributed by atoms with Crippen LogP contribution in [0.15, 0.2) is 146 Å². The number of rotatable bonds is 6. The maximum absolute atomic E-state index is 13.8. The van der Waals surface area contributed by atoms with Crippen molar-refractivity contribution >= 4 is 67.0 Å². The summed E-state index contributed by atoms with van der Waals surface area (Å²) < 4.78 is 85.1. The molecule has 0 aliphatic rings. The Morgan fingerprint density at radius 2 is 0.940 bits per heavy atom. The Kier molecular flexibility index (Phi) is 7.66. The van der Waals surface area contributed by atoms with E-state index in [1.54, 1.807) is 30.3 Å². The maximum atomic E-state index is 13.8. The molecule has 0 bridgehead atoms. The van der Waals surface area contributed by atoms with Crippen LogP contribution in [0, 0.1) is 0 Å². The van der Waals surface area contributed by atoms with Gasteiger partial charge in [-0.1, -0.05) is 132 Å². The van der Waals surface area contributed by atoms with Gasteiger partial charge >= 0.3 is 24.1 Å². The quantitative estimate of drug-likeness (QED) is 0.0984. The molecular weight excluding hydrogens is 676 g/mol. The van der Waals surface area contributed by atoms with Crippen molar-refractivity contribution in [3.8, 4) is 39.1 Å². The Morgan fingerprint density at radius 1 is 0.480 bits per heavy atom. The van der Waals surface area contributed by atoms with Crippen LogP contribution in [0.1, 0.15) is 0 Å². The van der Waals surface area contributed by atoms with Crippen LogP contribution in [0.25, 0.3) is 76.5 Å². The number of hydrogen-bond donors (Lipinski definition) is 0. The van der Waals surface area contributed by atoms with Crippen LogP contribution < -0.4 is 9.49 Å². The van der Waals surface area contributed by atoms with Gasteiger partial charge in [-0.3, -0.25) is 0 Å². The third-order valence-corrected chi connectivity index (χ3v) is 10.7. The van der Waals surface area contributed by atoms with E-state index in [0.717, 1.165) is 43.6 Å². The number of hydrogen-bond acceptors (Lipinski definition) is 4. The zero-order valence-electron chi connectivity index (χ0n) is 26.0. The van der Waals surface area contributed by atoms with Gasteiger partial charge in [0.1, 0.15) is 0 Å². The molecule has 0 spiro atoms. The molecule has 1 atom stereocenters. The van der Waals surface area contributed by atoms with Crippen LogP contribution in [0.4, 0.5) is 13.2 Å². The SMILES string of the molecule is O=[PH+]c1c(-c2ccc3ccccc3c2)c(-c2ccc3ccccc3c2)c2ccccc2c1-c1c(OS(=O)(=O)C(F)(F)F)ccc2ccccc12. The summed E-state index contributed by atoms with van der Waals surface area (Å²) in [4.78, 5) is 0. The summed E-state index contributed by atoms with van der Waals surface area (Å²) in [6.07, 6.45) is 0. The highest BCUT2D eigenvalue weighted by Crippen LogP contribution is 2.48. The first-order valence-electron chi connectivity index (χ1n) is 15.6. The summed E-state index contributed by atoms with van der Waals surface area (Å²) >= 11 is 0. The largest absolute Gasteiger partial charge is 0.534 e. The fourth-order valence-corrected chi connectivity index (χ4v) is 8.03. The fraction of sp³-hybridized carbons (Fsp3) is 0.0244. The van der Waals surface area contributed by atoms with Crippen molar-refractivity contribution in [2.24, 2.45) is 0 Å². The molecule has 4 nitrogen and oxygen atoms in total. The second kappa shape index (κ2) is 12.1. The highest BCUT2D eigenvalue weighted by Gasteiger charge is 2.49. The summed E-state index contributed by atoms with van der Waals surface area (Å²) in [5.41, 5.74) is -2.26. The smallest absolute Gasteiger partial charge is 0.375 e. The molecule has 0 fully saturated rings. The molecule has 8 aromatic rings. The minimum absolute atomic E-state index is 0.0950. The Balaban J connectivity index is 1.57. The lowest BCUT2D eigenvalue weighted by Crippen LogP contribution is -2.28. The molecule has 1 unspecified atom stereocenters. The van der Waals surface area contributed by atoms with Crippen molar-refractivity contribution in [3.05, 3.63) is 146 Å². The standard InChI is InChI=1S/C41H24F3O4PS/c42-41(43,44)50(46,47)48-35-22-21-27-11-5-6-14-32(27)38(35)39-34-16-8-7-15-33(34)36(30-19-17-25-9-1-3-12-28(25)23-30)37(40(39)49-45)31-20-18-26-10-2-4-13-29(26)24-31/h1-24H/p+1. The molecule has 0 amide bonds. The van der Waals surface area contributed by atoms with Crippen molar-refractivity contribution in [2.75, 3.05) is 0 Å². The van der Waals surface area contributed by atoms with E-state index in [-0.39, 0.29) is 5.56 Å². The van der Waals surface area contributed by atoms with Crippen LogP contribution in [-0.4, -0.2) is 13.9 Å². The highest BCUT2D eigenvalue weighted by atomic mass is 32.2. The first-order valence-corrected chi connectivity index (χ1v) is 17.9. The molecule has 0 aliphatic heterocycles. The third kappa shape index (κ3) is 5.28. The zero-order valence-corrected chi connectivity index (χ0v) is 27.8. The van der Waals surface area contributed by atoms with Gasteiger partial charge in [0.2, 0.25) is 5.30 Å². The maximum Gasteiger partial charge on any atom is 0.534 e. The summed E-state index contributed by atoms with van der Waals surface area (Å²) in [7, 11) is -7.15. The van der Waals surface area contributed by atoms with Gasteiger partial charge in [0, 0.05) is 22.3 Å². The van der Waals surface area contributed by atoms with E-state index in [1.807, 2.05) is 97.1 Å². The van der Waals surface area contributed by atoms with Crippen LogP contribution in [0.5, 0.6) is 5.75 Å². The minimum Gasteiger partial charge on any atom is -0.375 e. The van der Waals surface area contributed by atoms with Crippen LogP contribution in [0.3, 0.4) is 0 Å². The topological polar surface area (TPSA) is 60.4 Å². The predicted octanol–water partition coefficient (Wildman–Crippen LogP) is 11.2. The lowest BCUT2D eigenvalue weighted by molar-refractivity contribution is -0.0499. The van der Waals surface area contributed by atoms with Gasteiger partial charge in [0.25, 0.3) is 0 Å². The molecule has 0 N–H and O–H groups in total. The molecule has 0 aliphatic carbocycles. The second-order valence-electron chi connectivity index (χ2n) is 11.9. The van der Waals surface area contributed by atoms with Crippen molar-refractivity contribution in [1.29, 1.82) is 0 Å². The van der Waals surface area contributed by atoms with E-state index in [0.29, 0.717) is 32.6 Å². The van der Waals surface area contributed by atoms with Gasteiger partial charge in [0.05, 0.1) is 0 Å². The predicted molar refractivity (Wildman–Crippen MR) is 197 cm³/mol. The number of fused-ring (bicyclic) bond motifs is 4. The van der Waals surface area contributed by atoms with E-state index < -0.39 is 29.8 Å². The lowest BCUT2D eigenvalue weighted by Gasteiger charge is -2.21. The number of alkyl halides is 3. The fourth-order valence-electron chi connectivity index (χ4n) is 6.82. The van der Waals surface area contributed by atoms with Crippen molar-refractivity contribution in [1.82, 2.24) is 0 Å². The molecule has 8 aromatic carbocycles. The summed E-state index contributed by atoms with van der Waals surface area (Å²) in [6, 6.07) is 44.9. The van der Waals surface area contributed by atoms with Gasteiger partial charge in [-0.25, -0.2) is 0 Å². The number of halogens is 3. The molecule has 9 heteroatoms. The zero-order chi connectivity index (χ0) is 34.6. The van der Waals surface area contributed by atoms with Gasteiger partial charge in [0.15, 0.2) is 5.75 Å². The molecule has 8 rings (SSSR count). The summed E-state index contributed by atoms with van der Waals surface area (Å²) in [6.45, 7) is 0. The van der Waals surface area contributed by atoms with Gasteiger partial charge in [-0.05, 0) is 72.4 Å². The molecule has 50 heavy (non-hydrogen) atoms. The first-order chi connectivity index (χ1) is 24.1. The molecule has 0 heterocycles. The third-order valence-electron chi connectivity index (χ3n) is 9.02. The Hall–Kier alpha value is -5.56. The number of benzene rings is 8. The van der Waals surface area contributed by atoms with Gasteiger partial charge < -0.3 is 4.18 Å². The minimum atomic E-state index is -6.06.